The maximum atomic E-state index is 11.4. The summed E-state index contributed by atoms with van der Waals surface area (Å²) in [5.74, 6) is -0.603. The van der Waals surface area contributed by atoms with Crippen molar-refractivity contribution in [2.24, 2.45) is 0 Å². The number of rotatable bonds is 8. The first-order chi connectivity index (χ1) is 9.58. The number of hydrogen-bond acceptors (Lipinski definition) is 4. The molecule has 2 N–H and O–H groups in total. The molecule has 0 aliphatic heterocycles. The molecule has 6 heteroatoms. The molecule has 1 amide bonds. The molecule has 0 bridgehead atoms. The fourth-order valence-corrected chi connectivity index (χ4v) is 1.49. The summed E-state index contributed by atoms with van der Waals surface area (Å²) in [6.45, 7) is 4.58. The van der Waals surface area contributed by atoms with Crippen LogP contribution in [0.5, 0.6) is 11.5 Å². The molecule has 0 aliphatic carbocycles. The van der Waals surface area contributed by atoms with Gasteiger partial charge in [-0.1, -0.05) is 6.92 Å². The average molecular weight is 281 g/mol. The molecule has 1 aromatic rings. The molecule has 0 saturated heterocycles. The predicted octanol–water partition coefficient (Wildman–Crippen LogP) is 1.69. The summed E-state index contributed by atoms with van der Waals surface area (Å²) in [5.41, 5.74) is 0.108. The summed E-state index contributed by atoms with van der Waals surface area (Å²) in [4.78, 5) is 22.3. The Labute approximate surface area is 117 Å². The van der Waals surface area contributed by atoms with Crippen LogP contribution in [0.3, 0.4) is 0 Å². The van der Waals surface area contributed by atoms with Crippen molar-refractivity contribution < 1.29 is 24.2 Å². The van der Waals surface area contributed by atoms with Crippen LogP contribution in [0.2, 0.25) is 0 Å². The second kappa shape index (κ2) is 8.04. The Morgan fingerprint density at radius 3 is 2.55 bits per heavy atom. The normalized spacial score (nSPS) is 9.90. The zero-order valence-corrected chi connectivity index (χ0v) is 11.6. The van der Waals surface area contributed by atoms with Gasteiger partial charge in [0, 0.05) is 6.54 Å². The summed E-state index contributed by atoms with van der Waals surface area (Å²) in [6.07, 6.45) is 0.850. The molecular formula is C14H19NO5. The van der Waals surface area contributed by atoms with Gasteiger partial charge in [-0.25, -0.2) is 4.79 Å². The zero-order valence-electron chi connectivity index (χ0n) is 11.6. The van der Waals surface area contributed by atoms with Crippen LogP contribution in [0.1, 0.15) is 30.6 Å². The van der Waals surface area contributed by atoms with E-state index in [1.165, 1.54) is 18.2 Å². The number of aromatic carboxylic acids is 1. The Bertz CT molecular complexity index is 473. The first-order valence-corrected chi connectivity index (χ1v) is 6.48. The summed E-state index contributed by atoms with van der Waals surface area (Å²) < 4.78 is 10.7. The topological polar surface area (TPSA) is 84.9 Å². The van der Waals surface area contributed by atoms with Crippen LogP contribution in [0.25, 0.3) is 0 Å². The summed E-state index contributed by atoms with van der Waals surface area (Å²) in [5, 5.41) is 11.6. The molecule has 20 heavy (non-hydrogen) atoms. The standard InChI is InChI=1S/C14H19NO5/c1-3-7-15-13(16)9-20-11-6-5-10(14(17)18)8-12(11)19-4-2/h5-6,8H,3-4,7,9H2,1-2H3,(H,15,16)(H,17,18). The molecule has 0 fully saturated rings. The highest BCUT2D eigenvalue weighted by molar-refractivity contribution is 5.88. The number of carboxylic acids is 1. The Hall–Kier alpha value is -2.24. The van der Waals surface area contributed by atoms with Gasteiger partial charge >= 0.3 is 5.97 Å². The zero-order chi connectivity index (χ0) is 15.0. The largest absolute Gasteiger partial charge is 0.490 e. The number of carbonyl (C=O) groups is 2. The maximum absolute atomic E-state index is 11.4. The molecule has 1 rings (SSSR count). The molecule has 1 aromatic carbocycles. The monoisotopic (exact) mass is 281 g/mol. The molecule has 0 aliphatic rings. The molecule has 0 saturated carbocycles. The van der Waals surface area contributed by atoms with Crippen LogP contribution >= 0.6 is 0 Å². The number of benzene rings is 1. The lowest BCUT2D eigenvalue weighted by Gasteiger charge is -2.12. The smallest absolute Gasteiger partial charge is 0.335 e. The number of amides is 1. The quantitative estimate of drug-likeness (QED) is 0.757. The second-order valence-electron chi connectivity index (χ2n) is 4.04. The van der Waals surface area contributed by atoms with E-state index in [1.807, 2.05) is 6.92 Å². The van der Waals surface area contributed by atoms with Gasteiger partial charge in [0.1, 0.15) is 0 Å². The number of nitrogens with one attached hydrogen (secondary N) is 1. The van der Waals surface area contributed by atoms with E-state index in [2.05, 4.69) is 5.32 Å². The number of hydrogen-bond donors (Lipinski definition) is 2. The van der Waals surface area contributed by atoms with E-state index in [0.717, 1.165) is 6.42 Å². The van der Waals surface area contributed by atoms with E-state index in [0.29, 0.717) is 24.7 Å². The van der Waals surface area contributed by atoms with Crippen molar-refractivity contribution in [2.75, 3.05) is 19.8 Å². The highest BCUT2D eigenvalue weighted by Gasteiger charge is 2.11. The van der Waals surface area contributed by atoms with Gasteiger partial charge < -0.3 is 19.9 Å². The van der Waals surface area contributed by atoms with E-state index in [9.17, 15) is 9.59 Å². The fourth-order valence-electron chi connectivity index (χ4n) is 1.49. The molecular weight excluding hydrogens is 262 g/mol. The van der Waals surface area contributed by atoms with Gasteiger partial charge in [-0.05, 0) is 31.5 Å². The van der Waals surface area contributed by atoms with Crippen molar-refractivity contribution in [2.45, 2.75) is 20.3 Å². The van der Waals surface area contributed by atoms with Gasteiger partial charge in [0.2, 0.25) is 0 Å². The first kappa shape index (κ1) is 15.8. The molecule has 0 atom stereocenters. The highest BCUT2D eigenvalue weighted by atomic mass is 16.5. The Morgan fingerprint density at radius 2 is 1.95 bits per heavy atom. The van der Waals surface area contributed by atoms with Gasteiger partial charge in [0.15, 0.2) is 18.1 Å². The third-order valence-electron chi connectivity index (χ3n) is 2.42. The van der Waals surface area contributed by atoms with Crippen LogP contribution in [0.15, 0.2) is 18.2 Å². The van der Waals surface area contributed by atoms with Crippen LogP contribution in [-0.2, 0) is 4.79 Å². The van der Waals surface area contributed by atoms with Crippen molar-refractivity contribution in [1.82, 2.24) is 5.32 Å². The van der Waals surface area contributed by atoms with Crippen molar-refractivity contribution >= 4 is 11.9 Å². The lowest BCUT2D eigenvalue weighted by Crippen LogP contribution is -2.29. The molecule has 6 nitrogen and oxygen atoms in total. The lowest BCUT2D eigenvalue weighted by molar-refractivity contribution is -0.123. The molecule has 0 heterocycles. The first-order valence-electron chi connectivity index (χ1n) is 6.48. The summed E-state index contributed by atoms with van der Waals surface area (Å²) >= 11 is 0. The fraction of sp³-hybridized carbons (Fsp3) is 0.429. The third-order valence-corrected chi connectivity index (χ3v) is 2.42. The Kier molecular flexibility index (Phi) is 6.36. The van der Waals surface area contributed by atoms with E-state index in [1.54, 1.807) is 6.92 Å². The van der Waals surface area contributed by atoms with E-state index in [4.69, 9.17) is 14.6 Å². The molecule has 0 spiro atoms. The van der Waals surface area contributed by atoms with Crippen molar-refractivity contribution in [3.63, 3.8) is 0 Å². The highest BCUT2D eigenvalue weighted by Crippen LogP contribution is 2.28. The minimum atomic E-state index is -1.04. The van der Waals surface area contributed by atoms with Crippen LogP contribution in [-0.4, -0.2) is 36.7 Å². The molecule has 110 valence electrons. The van der Waals surface area contributed by atoms with Crippen molar-refractivity contribution in [3.05, 3.63) is 23.8 Å². The number of carbonyl (C=O) groups excluding carboxylic acids is 1. The van der Waals surface area contributed by atoms with Gasteiger partial charge in [-0.2, -0.15) is 0 Å². The third kappa shape index (κ3) is 4.79. The summed E-state index contributed by atoms with van der Waals surface area (Å²) in [6, 6.07) is 4.27. The van der Waals surface area contributed by atoms with Gasteiger partial charge in [-0.3, -0.25) is 4.79 Å². The van der Waals surface area contributed by atoms with Crippen molar-refractivity contribution in [1.29, 1.82) is 0 Å². The molecule has 0 radical (unpaired) electrons. The van der Waals surface area contributed by atoms with Crippen LogP contribution in [0.4, 0.5) is 0 Å². The summed E-state index contributed by atoms with van der Waals surface area (Å²) in [7, 11) is 0. The van der Waals surface area contributed by atoms with Gasteiger partial charge in [0.25, 0.3) is 5.91 Å². The van der Waals surface area contributed by atoms with E-state index in [-0.39, 0.29) is 18.1 Å². The van der Waals surface area contributed by atoms with E-state index < -0.39 is 5.97 Å². The SMILES string of the molecule is CCCNC(=O)COc1ccc(C(=O)O)cc1OCC. The van der Waals surface area contributed by atoms with E-state index >= 15 is 0 Å². The van der Waals surface area contributed by atoms with Gasteiger partial charge in [0.05, 0.1) is 12.2 Å². The minimum Gasteiger partial charge on any atom is -0.490 e. The lowest BCUT2D eigenvalue weighted by atomic mass is 10.2. The predicted molar refractivity (Wildman–Crippen MR) is 73.4 cm³/mol. The average Bonchev–Trinajstić information content (AvgIpc) is 2.43. The molecule has 0 unspecified atom stereocenters. The Morgan fingerprint density at radius 1 is 1.20 bits per heavy atom. The number of ether oxygens (including phenoxy) is 2. The molecule has 0 aromatic heterocycles. The van der Waals surface area contributed by atoms with Crippen molar-refractivity contribution in [3.8, 4) is 11.5 Å². The number of carboxylic acid groups (broad SMARTS) is 1. The maximum Gasteiger partial charge on any atom is 0.335 e. The van der Waals surface area contributed by atoms with Crippen LogP contribution < -0.4 is 14.8 Å². The minimum absolute atomic E-state index is 0.108. The van der Waals surface area contributed by atoms with Crippen LogP contribution in [0, 0.1) is 0 Å². The Balaban J connectivity index is 2.73. The second-order valence-corrected chi connectivity index (χ2v) is 4.04. The van der Waals surface area contributed by atoms with Gasteiger partial charge in [-0.15, -0.1) is 0 Å².